The number of hydrogen-bond donors (Lipinski definition) is 1. The summed E-state index contributed by atoms with van der Waals surface area (Å²) in [7, 11) is 0. The van der Waals surface area contributed by atoms with E-state index >= 15 is 0 Å². The van der Waals surface area contributed by atoms with E-state index in [0.717, 1.165) is 0 Å². The van der Waals surface area contributed by atoms with Crippen LogP contribution in [0.2, 0.25) is 10.0 Å². The van der Waals surface area contributed by atoms with Crippen LogP contribution in [-0.4, -0.2) is 5.91 Å². The van der Waals surface area contributed by atoms with Gasteiger partial charge in [-0.3, -0.25) is 4.79 Å². The van der Waals surface area contributed by atoms with Crippen LogP contribution in [0.4, 0.5) is 5.69 Å². The van der Waals surface area contributed by atoms with Crippen LogP contribution in [-0.2, 0) is 0 Å². The molecule has 2 aromatic rings. The number of nitrogens with zero attached hydrogens (tertiary/aromatic N) is 1. The summed E-state index contributed by atoms with van der Waals surface area (Å²) in [6.45, 7) is 0. The van der Waals surface area contributed by atoms with Crippen molar-refractivity contribution in [3.05, 3.63) is 62.0 Å². The molecule has 1 amide bonds. The molecule has 0 aliphatic heterocycles. The molecular weight excluding hydrogens is 363 g/mol. The molecule has 3 nitrogen and oxygen atoms in total. The second kappa shape index (κ2) is 6.27. The highest BCUT2D eigenvalue weighted by Gasteiger charge is 2.12. The Morgan fingerprint density at radius 1 is 1.10 bits per heavy atom. The van der Waals surface area contributed by atoms with Crippen molar-refractivity contribution in [1.29, 1.82) is 5.26 Å². The van der Waals surface area contributed by atoms with Crippen molar-refractivity contribution in [3.8, 4) is 6.07 Å². The fraction of sp³-hybridized carbons (Fsp3) is 0. The highest BCUT2D eigenvalue weighted by atomic mass is 79.9. The third kappa shape index (κ3) is 3.13. The predicted molar refractivity (Wildman–Crippen MR) is 83.3 cm³/mol. The Labute approximate surface area is 134 Å². The first kappa shape index (κ1) is 14.9. The molecule has 0 bridgehead atoms. The molecule has 2 aromatic carbocycles. The number of nitrogens with one attached hydrogen (secondary N) is 1. The number of carbonyl (C=O) groups is 1. The molecule has 20 heavy (non-hydrogen) atoms. The maximum atomic E-state index is 12.1. The molecule has 0 aliphatic rings. The molecule has 0 aromatic heterocycles. The molecule has 0 saturated heterocycles. The van der Waals surface area contributed by atoms with Crippen molar-refractivity contribution in [2.75, 3.05) is 5.32 Å². The Morgan fingerprint density at radius 3 is 2.35 bits per heavy atom. The van der Waals surface area contributed by atoms with E-state index in [9.17, 15) is 4.79 Å². The highest BCUT2D eigenvalue weighted by molar-refractivity contribution is 9.10. The van der Waals surface area contributed by atoms with E-state index in [0.29, 0.717) is 26.3 Å². The Bertz CT molecular complexity index is 708. The molecule has 0 fully saturated rings. The van der Waals surface area contributed by atoms with E-state index in [1.165, 1.54) is 0 Å². The number of halogens is 3. The first-order valence-electron chi connectivity index (χ1n) is 5.48. The summed E-state index contributed by atoms with van der Waals surface area (Å²) < 4.78 is 0.653. The van der Waals surface area contributed by atoms with Crippen molar-refractivity contribution in [1.82, 2.24) is 0 Å². The second-order valence-electron chi connectivity index (χ2n) is 3.87. The van der Waals surface area contributed by atoms with Gasteiger partial charge in [0.1, 0.15) is 0 Å². The molecule has 0 unspecified atom stereocenters. The maximum Gasteiger partial charge on any atom is 0.255 e. The van der Waals surface area contributed by atoms with Gasteiger partial charge in [0, 0.05) is 10.0 Å². The van der Waals surface area contributed by atoms with E-state index in [2.05, 4.69) is 21.2 Å². The van der Waals surface area contributed by atoms with Crippen molar-refractivity contribution >= 4 is 50.7 Å². The smallest absolute Gasteiger partial charge is 0.255 e. The minimum Gasteiger partial charge on any atom is -0.321 e. The molecule has 2 rings (SSSR count). The lowest BCUT2D eigenvalue weighted by Gasteiger charge is -2.09. The number of amides is 1. The summed E-state index contributed by atoms with van der Waals surface area (Å²) in [6.07, 6.45) is 0. The van der Waals surface area contributed by atoms with Gasteiger partial charge in [-0.1, -0.05) is 23.2 Å². The van der Waals surface area contributed by atoms with Crippen molar-refractivity contribution in [2.24, 2.45) is 0 Å². The van der Waals surface area contributed by atoms with E-state index < -0.39 is 0 Å². The molecule has 0 aliphatic carbocycles. The third-order valence-corrected chi connectivity index (χ3v) is 4.33. The van der Waals surface area contributed by atoms with E-state index in [1.54, 1.807) is 36.4 Å². The van der Waals surface area contributed by atoms with E-state index in [-0.39, 0.29) is 10.9 Å². The van der Waals surface area contributed by atoms with E-state index in [1.807, 2.05) is 6.07 Å². The predicted octanol–water partition coefficient (Wildman–Crippen LogP) is 4.88. The van der Waals surface area contributed by atoms with Crippen LogP contribution in [0.5, 0.6) is 0 Å². The number of hydrogen-bond acceptors (Lipinski definition) is 2. The summed E-state index contributed by atoms with van der Waals surface area (Å²) in [6, 6.07) is 11.6. The van der Waals surface area contributed by atoms with Gasteiger partial charge in [-0.15, -0.1) is 0 Å². The fourth-order valence-electron chi connectivity index (χ4n) is 1.51. The summed E-state index contributed by atoms with van der Waals surface area (Å²) in [5, 5.41) is 12.0. The van der Waals surface area contributed by atoms with Crippen molar-refractivity contribution < 1.29 is 4.79 Å². The highest BCUT2D eigenvalue weighted by Crippen LogP contribution is 2.35. The average Bonchev–Trinajstić information content (AvgIpc) is 2.48. The summed E-state index contributed by atoms with van der Waals surface area (Å²) >= 11 is 15.3. The van der Waals surface area contributed by atoms with Crippen LogP contribution in [0.1, 0.15) is 15.9 Å². The van der Waals surface area contributed by atoms with Crippen LogP contribution in [0, 0.1) is 11.3 Å². The number of carbonyl (C=O) groups excluding carboxylic acids is 1. The average molecular weight is 370 g/mol. The zero-order chi connectivity index (χ0) is 14.7. The molecule has 100 valence electrons. The van der Waals surface area contributed by atoms with Crippen molar-refractivity contribution in [2.45, 2.75) is 0 Å². The van der Waals surface area contributed by atoms with Crippen LogP contribution in [0.15, 0.2) is 40.9 Å². The summed E-state index contributed by atoms with van der Waals surface area (Å²) in [5.41, 5.74) is 1.35. The third-order valence-electron chi connectivity index (χ3n) is 2.56. The Kier molecular flexibility index (Phi) is 4.66. The summed E-state index contributed by atoms with van der Waals surface area (Å²) in [5.74, 6) is -0.324. The van der Waals surface area contributed by atoms with Crippen LogP contribution >= 0.6 is 39.1 Å². The molecule has 1 N–H and O–H groups in total. The first-order valence-corrected chi connectivity index (χ1v) is 7.03. The Balaban J connectivity index is 2.23. The summed E-state index contributed by atoms with van der Waals surface area (Å²) in [4.78, 5) is 12.1. The number of rotatable bonds is 2. The normalized spacial score (nSPS) is 9.90. The first-order chi connectivity index (χ1) is 9.52. The van der Waals surface area contributed by atoms with Gasteiger partial charge < -0.3 is 5.32 Å². The monoisotopic (exact) mass is 368 g/mol. The molecule has 0 saturated carbocycles. The number of nitriles is 1. The lowest BCUT2D eigenvalue weighted by Crippen LogP contribution is -2.12. The second-order valence-corrected chi connectivity index (χ2v) is 5.48. The topological polar surface area (TPSA) is 52.9 Å². The van der Waals surface area contributed by atoms with Gasteiger partial charge in [-0.25, -0.2) is 0 Å². The molecule has 0 spiro atoms. The standard InChI is InChI=1S/C14H7BrCl2N2O/c15-10-5-6-11(13(17)12(10)16)19-14(20)9-3-1-8(7-18)2-4-9/h1-6H,(H,19,20). The van der Waals surface area contributed by atoms with Crippen LogP contribution < -0.4 is 5.32 Å². The number of benzene rings is 2. The van der Waals surface area contributed by atoms with Crippen LogP contribution in [0.25, 0.3) is 0 Å². The fourth-order valence-corrected chi connectivity index (χ4v) is 2.33. The lowest BCUT2D eigenvalue weighted by atomic mass is 10.1. The lowest BCUT2D eigenvalue weighted by molar-refractivity contribution is 0.102. The van der Waals surface area contributed by atoms with Gasteiger partial charge in [-0.05, 0) is 52.3 Å². The Hall–Kier alpha value is -1.54. The van der Waals surface area contributed by atoms with Crippen LogP contribution in [0.3, 0.4) is 0 Å². The Morgan fingerprint density at radius 2 is 1.75 bits per heavy atom. The zero-order valence-electron chi connectivity index (χ0n) is 9.95. The molecule has 6 heteroatoms. The quantitative estimate of drug-likeness (QED) is 0.767. The number of anilines is 1. The van der Waals surface area contributed by atoms with Gasteiger partial charge >= 0.3 is 0 Å². The van der Waals surface area contributed by atoms with Gasteiger partial charge in [-0.2, -0.15) is 5.26 Å². The maximum absolute atomic E-state index is 12.1. The van der Waals surface area contributed by atoms with Gasteiger partial charge in [0.05, 0.1) is 27.4 Å². The van der Waals surface area contributed by atoms with Gasteiger partial charge in [0.25, 0.3) is 5.91 Å². The van der Waals surface area contributed by atoms with E-state index in [4.69, 9.17) is 28.5 Å². The van der Waals surface area contributed by atoms with Gasteiger partial charge in [0.15, 0.2) is 0 Å². The van der Waals surface area contributed by atoms with Crippen molar-refractivity contribution in [3.63, 3.8) is 0 Å². The molecule has 0 radical (unpaired) electrons. The molecular formula is C14H7BrCl2N2O. The molecule has 0 atom stereocenters. The molecule has 0 heterocycles. The minimum absolute atomic E-state index is 0.267. The largest absolute Gasteiger partial charge is 0.321 e. The SMILES string of the molecule is N#Cc1ccc(C(=O)Nc2ccc(Br)c(Cl)c2Cl)cc1. The van der Waals surface area contributed by atoms with Gasteiger partial charge in [0.2, 0.25) is 0 Å². The minimum atomic E-state index is -0.324. The zero-order valence-corrected chi connectivity index (χ0v) is 13.1.